The third-order valence-corrected chi connectivity index (χ3v) is 15.8. The highest BCUT2D eigenvalue weighted by Gasteiger charge is 2.42. The molecule has 2 fully saturated rings. The first-order chi connectivity index (χ1) is 29.3. The smallest absolute Gasteiger partial charge is 0.341 e. The van der Waals surface area contributed by atoms with Crippen molar-refractivity contribution in [2.24, 2.45) is 11.8 Å². The molecule has 4 atom stereocenters. The molecule has 0 aliphatic carbocycles. The number of aliphatic carboxylic acids is 1. The Labute approximate surface area is 360 Å². The molecule has 0 saturated carbocycles. The zero-order chi connectivity index (χ0) is 43.1. The molecule has 12 heteroatoms. The molecule has 5 aromatic carbocycles. The minimum atomic E-state index is -3.93. The van der Waals surface area contributed by atoms with Crippen molar-refractivity contribution in [1.82, 2.24) is 8.61 Å². The molecule has 0 spiro atoms. The van der Waals surface area contributed by atoms with E-state index in [1.165, 1.54) is 15.9 Å². The van der Waals surface area contributed by atoms with Gasteiger partial charge < -0.3 is 14.6 Å². The van der Waals surface area contributed by atoms with Gasteiger partial charge in [0.15, 0.2) is 6.61 Å². The first-order valence-corrected chi connectivity index (χ1v) is 23.6. The van der Waals surface area contributed by atoms with Crippen LogP contribution in [-0.2, 0) is 49.0 Å². The summed E-state index contributed by atoms with van der Waals surface area (Å²) in [6, 6.07) is 41.2. The number of carboxylic acid groups (broad SMARTS) is 1. The van der Waals surface area contributed by atoms with Crippen LogP contribution < -0.4 is 4.74 Å². The number of hydrogen-bond acceptors (Lipinski definition) is 7. The van der Waals surface area contributed by atoms with Crippen molar-refractivity contribution in [1.29, 1.82) is 0 Å². The highest BCUT2D eigenvalue weighted by atomic mass is 32.2. The molecular formula is C49H54N2O8S2. The summed E-state index contributed by atoms with van der Waals surface area (Å²) in [5, 5.41) is 9.60. The van der Waals surface area contributed by atoms with E-state index in [2.05, 4.69) is 18.7 Å². The monoisotopic (exact) mass is 862 g/mol. The van der Waals surface area contributed by atoms with E-state index in [0.717, 1.165) is 41.5 Å². The predicted molar refractivity (Wildman–Crippen MR) is 236 cm³/mol. The van der Waals surface area contributed by atoms with Crippen molar-refractivity contribution >= 4 is 26.0 Å². The largest absolute Gasteiger partial charge is 0.482 e. The van der Waals surface area contributed by atoms with Gasteiger partial charge in [0.2, 0.25) is 20.0 Å². The van der Waals surface area contributed by atoms with Gasteiger partial charge in [-0.3, -0.25) is 0 Å². The van der Waals surface area contributed by atoms with Crippen LogP contribution in [0.4, 0.5) is 0 Å². The predicted octanol–water partition coefficient (Wildman–Crippen LogP) is 8.66. The summed E-state index contributed by atoms with van der Waals surface area (Å²) in [4.78, 5) is 12.0. The lowest BCUT2D eigenvalue weighted by atomic mass is 9.74. The number of carbonyl (C=O) groups is 1. The standard InChI is InChI=1S/C49H54N2O8S2/c1-35(2)43-32-44(40-19-21-41(22-20-40)60(54,55)50(3)33-39-17-11-6-12-18-39)47(30-37-15-9-5-10-16-37)59-49(43)45-31-42(23-24-46(45)58-34-48(52)53)61(56,57)51-27-25-38(26-28-51)29-36-13-7-4-8-14-36/h4-24,31,38,43-44,47,49H,1,25-30,32-34H2,2-3H3,(H,52,53)/t43-,44-,47+,49+/m0/s1. The second-order valence-corrected chi connectivity index (χ2v) is 20.3. The number of sulfonamides is 2. The minimum Gasteiger partial charge on any atom is -0.482 e. The fourth-order valence-corrected chi connectivity index (χ4v) is 11.4. The third kappa shape index (κ3) is 10.5. The maximum atomic E-state index is 14.3. The molecule has 2 saturated heterocycles. The molecule has 0 amide bonds. The van der Waals surface area contributed by atoms with E-state index in [-0.39, 0.29) is 33.9 Å². The molecule has 320 valence electrons. The Morgan fingerprint density at radius 3 is 1.92 bits per heavy atom. The topological polar surface area (TPSA) is 131 Å². The maximum absolute atomic E-state index is 14.3. The van der Waals surface area contributed by atoms with Gasteiger partial charge >= 0.3 is 5.97 Å². The SMILES string of the molecule is C=C(C)[C@@H]1C[C@@H](c2ccc(S(=O)(=O)N(C)Cc3ccccc3)cc2)[C@@H](Cc2ccccc2)O[C@H]1c1cc(S(=O)(=O)N2CCC(Cc3ccccc3)CC2)ccc1OCC(=O)O. The third-order valence-electron chi connectivity index (χ3n) is 12.0. The Morgan fingerprint density at radius 1 is 0.787 bits per heavy atom. The lowest BCUT2D eigenvalue weighted by Gasteiger charge is -2.43. The summed E-state index contributed by atoms with van der Waals surface area (Å²) in [6.07, 6.45) is 2.25. The Morgan fingerprint density at radius 2 is 1.34 bits per heavy atom. The molecule has 2 aliphatic heterocycles. The van der Waals surface area contributed by atoms with E-state index in [1.807, 2.05) is 97.9 Å². The molecule has 7 rings (SSSR count). The Balaban J connectivity index is 1.19. The summed E-state index contributed by atoms with van der Waals surface area (Å²) in [5.74, 6) is -1.11. The van der Waals surface area contributed by atoms with Crippen LogP contribution in [-0.4, -0.2) is 69.4 Å². The molecule has 2 heterocycles. The fourth-order valence-electron chi connectivity index (χ4n) is 8.69. The van der Waals surface area contributed by atoms with Crippen LogP contribution in [0.15, 0.2) is 155 Å². The van der Waals surface area contributed by atoms with E-state index in [9.17, 15) is 26.7 Å². The number of benzene rings is 5. The zero-order valence-electron chi connectivity index (χ0n) is 34.7. The highest BCUT2D eigenvalue weighted by molar-refractivity contribution is 7.89. The molecule has 0 unspecified atom stereocenters. The molecule has 0 radical (unpaired) electrons. The van der Waals surface area contributed by atoms with Crippen LogP contribution in [0.5, 0.6) is 5.75 Å². The number of rotatable bonds is 16. The van der Waals surface area contributed by atoms with Crippen molar-refractivity contribution in [2.45, 2.75) is 73.5 Å². The van der Waals surface area contributed by atoms with Gasteiger partial charge in [-0.25, -0.2) is 21.6 Å². The second kappa shape index (κ2) is 19.3. The maximum Gasteiger partial charge on any atom is 0.341 e. The first kappa shape index (κ1) is 44.0. The Hall–Kier alpha value is -5.11. The van der Waals surface area contributed by atoms with Gasteiger partial charge in [-0.15, -0.1) is 0 Å². The fraction of sp³-hybridized carbons (Fsp3) is 0.327. The van der Waals surface area contributed by atoms with Crippen molar-refractivity contribution in [2.75, 3.05) is 26.7 Å². The summed E-state index contributed by atoms with van der Waals surface area (Å²) in [7, 11) is -6.15. The van der Waals surface area contributed by atoms with Crippen molar-refractivity contribution in [3.63, 3.8) is 0 Å². The quantitative estimate of drug-likeness (QED) is 0.0977. The van der Waals surface area contributed by atoms with Crippen molar-refractivity contribution < 1.29 is 36.2 Å². The number of nitrogens with zero attached hydrogens (tertiary/aromatic N) is 2. The number of hydrogen-bond donors (Lipinski definition) is 1. The van der Waals surface area contributed by atoms with Crippen LogP contribution in [0, 0.1) is 11.8 Å². The molecule has 1 N–H and O–H groups in total. The molecule has 10 nitrogen and oxygen atoms in total. The lowest BCUT2D eigenvalue weighted by Crippen LogP contribution is -2.39. The minimum absolute atomic E-state index is 0.0894. The average Bonchev–Trinajstić information content (AvgIpc) is 3.26. The number of ether oxygens (including phenoxy) is 2. The van der Waals surface area contributed by atoms with Crippen LogP contribution in [0.1, 0.15) is 66.0 Å². The molecule has 0 aromatic heterocycles. The molecule has 5 aromatic rings. The van der Waals surface area contributed by atoms with Crippen molar-refractivity contribution in [3.8, 4) is 5.75 Å². The molecule has 0 bridgehead atoms. The molecular weight excluding hydrogens is 809 g/mol. The van der Waals surface area contributed by atoms with Gasteiger partial charge in [-0.05, 0) is 97.5 Å². The van der Waals surface area contributed by atoms with Crippen LogP contribution >= 0.6 is 0 Å². The number of piperidine rings is 1. The summed E-state index contributed by atoms with van der Waals surface area (Å²) < 4.78 is 71.9. The van der Waals surface area contributed by atoms with E-state index in [1.54, 1.807) is 35.6 Å². The van der Waals surface area contributed by atoms with Gasteiger partial charge in [0.25, 0.3) is 0 Å². The van der Waals surface area contributed by atoms with E-state index in [0.29, 0.717) is 37.4 Å². The lowest BCUT2D eigenvalue weighted by molar-refractivity contribution is -0.139. The second-order valence-electron chi connectivity index (χ2n) is 16.3. The van der Waals surface area contributed by atoms with Gasteiger partial charge in [0, 0.05) is 44.1 Å². The van der Waals surface area contributed by atoms with Crippen molar-refractivity contribution in [3.05, 3.63) is 173 Å². The van der Waals surface area contributed by atoms with Crippen LogP contribution in [0.3, 0.4) is 0 Å². The van der Waals surface area contributed by atoms with Crippen LogP contribution in [0.2, 0.25) is 0 Å². The Kier molecular flexibility index (Phi) is 13.9. The van der Waals surface area contributed by atoms with Gasteiger partial charge in [0.05, 0.1) is 22.0 Å². The normalized spacial score (nSPS) is 20.3. The Bertz CT molecular complexity index is 2490. The average molecular weight is 863 g/mol. The van der Waals surface area contributed by atoms with Gasteiger partial charge in [0.1, 0.15) is 5.75 Å². The summed E-state index contributed by atoms with van der Waals surface area (Å²) >= 11 is 0. The molecule has 2 aliphatic rings. The van der Waals surface area contributed by atoms with Crippen LogP contribution in [0.25, 0.3) is 0 Å². The highest BCUT2D eigenvalue weighted by Crippen LogP contribution is 2.49. The summed E-state index contributed by atoms with van der Waals surface area (Å²) in [6.45, 7) is 6.66. The van der Waals surface area contributed by atoms with E-state index in [4.69, 9.17) is 9.47 Å². The summed E-state index contributed by atoms with van der Waals surface area (Å²) in [5.41, 5.74) is 5.28. The van der Waals surface area contributed by atoms with E-state index < -0.39 is 44.8 Å². The van der Waals surface area contributed by atoms with Gasteiger partial charge in [-0.2, -0.15) is 8.61 Å². The van der Waals surface area contributed by atoms with Gasteiger partial charge in [-0.1, -0.05) is 115 Å². The first-order valence-electron chi connectivity index (χ1n) is 20.8. The zero-order valence-corrected chi connectivity index (χ0v) is 36.3. The number of carboxylic acids is 1. The molecule has 61 heavy (non-hydrogen) atoms. The van der Waals surface area contributed by atoms with E-state index >= 15 is 0 Å².